The minimum atomic E-state index is -0.259. The van der Waals surface area contributed by atoms with E-state index in [0.717, 1.165) is 10.9 Å². The first-order valence-electron chi connectivity index (χ1n) is 9.80. The average molecular weight is 415 g/mol. The topological polar surface area (TPSA) is 82.5 Å². The molecule has 2 aromatic heterocycles. The Balaban J connectivity index is 1.32. The maximum atomic E-state index is 12.5. The predicted molar refractivity (Wildman–Crippen MR) is 118 cm³/mol. The lowest BCUT2D eigenvalue weighted by molar-refractivity contribution is -0.116. The second-order valence-corrected chi connectivity index (χ2v) is 6.82. The van der Waals surface area contributed by atoms with Gasteiger partial charge in [-0.05, 0) is 30.3 Å². The quantitative estimate of drug-likeness (QED) is 0.464. The summed E-state index contributed by atoms with van der Waals surface area (Å²) in [5.74, 6) is 1.13. The number of carbonyl (C=O) groups is 2. The van der Waals surface area contributed by atoms with E-state index in [2.05, 4.69) is 10.3 Å². The van der Waals surface area contributed by atoms with E-state index in [1.807, 2.05) is 42.5 Å². The molecule has 0 fully saturated rings. The normalized spacial score (nSPS) is 10.6. The summed E-state index contributed by atoms with van der Waals surface area (Å²) in [7, 11) is 1.57. The van der Waals surface area contributed by atoms with Crippen molar-refractivity contribution < 1.29 is 19.1 Å². The van der Waals surface area contributed by atoms with Crippen LogP contribution in [0.1, 0.15) is 17.6 Å². The summed E-state index contributed by atoms with van der Waals surface area (Å²) in [6.07, 6.45) is 3.41. The highest BCUT2D eigenvalue weighted by Gasteiger charge is 2.12. The molecule has 0 aliphatic rings. The summed E-state index contributed by atoms with van der Waals surface area (Å²) in [5, 5.41) is 3.74. The van der Waals surface area contributed by atoms with Crippen LogP contribution in [-0.2, 0) is 4.79 Å². The van der Waals surface area contributed by atoms with Crippen LogP contribution in [0.3, 0.4) is 0 Å². The van der Waals surface area contributed by atoms with E-state index in [-0.39, 0.29) is 24.7 Å². The van der Waals surface area contributed by atoms with Crippen LogP contribution >= 0.6 is 0 Å². The van der Waals surface area contributed by atoms with Crippen LogP contribution in [0.2, 0.25) is 0 Å². The van der Waals surface area contributed by atoms with E-state index in [9.17, 15) is 9.59 Å². The lowest BCUT2D eigenvalue weighted by Crippen LogP contribution is -2.16. The Morgan fingerprint density at radius 1 is 0.935 bits per heavy atom. The molecule has 4 aromatic rings. The number of rotatable bonds is 7. The Morgan fingerprint density at radius 3 is 2.48 bits per heavy atom. The summed E-state index contributed by atoms with van der Waals surface area (Å²) < 4.78 is 12.5. The Kier molecular flexibility index (Phi) is 5.93. The van der Waals surface area contributed by atoms with Crippen molar-refractivity contribution in [2.24, 2.45) is 0 Å². The molecule has 2 aromatic carbocycles. The fraction of sp³-hybridized carbons (Fsp3) is 0.125. The van der Waals surface area contributed by atoms with Crippen LogP contribution in [0.25, 0.3) is 10.9 Å². The van der Waals surface area contributed by atoms with Gasteiger partial charge in [0.1, 0.15) is 0 Å². The summed E-state index contributed by atoms with van der Waals surface area (Å²) in [6, 6.07) is 20.1. The van der Waals surface area contributed by atoms with Crippen LogP contribution in [0.15, 0.2) is 79.1 Å². The van der Waals surface area contributed by atoms with Gasteiger partial charge in [-0.25, -0.2) is 4.98 Å². The number of anilines is 1. The Morgan fingerprint density at radius 2 is 1.71 bits per heavy atom. The molecule has 0 bridgehead atoms. The van der Waals surface area contributed by atoms with Gasteiger partial charge in [0.15, 0.2) is 11.5 Å². The fourth-order valence-corrected chi connectivity index (χ4v) is 3.20. The molecule has 2 heterocycles. The minimum Gasteiger partial charge on any atom is -0.493 e. The van der Waals surface area contributed by atoms with E-state index < -0.39 is 0 Å². The Hall–Kier alpha value is -4.13. The van der Waals surface area contributed by atoms with Crippen LogP contribution in [0.4, 0.5) is 5.69 Å². The number of pyridine rings is 1. The van der Waals surface area contributed by atoms with Gasteiger partial charge in [-0.3, -0.25) is 14.2 Å². The monoisotopic (exact) mass is 415 g/mol. The van der Waals surface area contributed by atoms with Crippen LogP contribution < -0.4 is 14.8 Å². The van der Waals surface area contributed by atoms with Gasteiger partial charge >= 0.3 is 0 Å². The van der Waals surface area contributed by atoms with E-state index in [1.165, 1.54) is 6.20 Å². The number of aromatic nitrogens is 2. The highest BCUT2D eigenvalue weighted by atomic mass is 16.5. The van der Waals surface area contributed by atoms with Crippen LogP contribution in [0, 0.1) is 0 Å². The molecule has 1 amide bonds. The molecule has 0 aliphatic carbocycles. The molecule has 0 aliphatic heterocycles. The molecule has 0 saturated carbocycles. The van der Waals surface area contributed by atoms with Gasteiger partial charge in [0.05, 0.1) is 24.5 Å². The van der Waals surface area contributed by atoms with Crippen molar-refractivity contribution in [3.63, 3.8) is 0 Å². The lowest BCUT2D eigenvalue weighted by atomic mass is 10.2. The van der Waals surface area contributed by atoms with E-state index in [1.54, 1.807) is 42.1 Å². The third-order valence-corrected chi connectivity index (χ3v) is 4.74. The van der Waals surface area contributed by atoms with Crippen molar-refractivity contribution >= 4 is 28.4 Å². The van der Waals surface area contributed by atoms with Gasteiger partial charge in [0.25, 0.3) is 0 Å². The van der Waals surface area contributed by atoms with Crippen molar-refractivity contribution in [1.29, 1.82) is 0 Å². The molecular weight excluding hydrogens is 394 g/mol. The van der Waals surface area contributed by atoms with Crippen molar-refractivity contribution in [3.8, 4) is 17.4 Å². The molecule has 0 spiro atoms. The first-order valence-corrected chi connectivity index (χ1v) is 9.80. The number of hydrogen-bond donors (Lipinski definition) is 1. The summed E-state index contributed by atoms with van der Waals surface area (Å²) in [4.78, 5) is 29.0. The molecule has 7 heteroatoms. The minimum absolute atomic E-state index is 0.0742. The zero-order valence-electron chi connectivity index (χ0n) is 16.9. The maximum Gasteiger partial charge on any atom is 0.231 e. The number of methoxy groups -OCH3 is 1. The number of nitrogens with zero attached hydrogens (tertiary/aromatic N) is 2. The maximum absolute atomic E-state index is 12.5. The smallest absolute Gasteiger partial charge is 0.231 e. The third-order valence-electron chi connectivity index (χ3n) is 4.74. The molecule has 7 nitrogen and oxygen atoms in total. The predicted octanol–water partition coefficient (Wildman–Crippen LogP) is 4.90. The number of benzene rings is 2. The number of amides is 1. The first-order chi connectivity index (χ1) is 15.1. The Labute approximate surface area is 179 Å². The van der Waals surface area contributed by atoms with E-state index in [0.29, 0.717) is 23.1 Å². The molecule has 0 unspecified atom stereocenters. The van der Waals surface area contributed by atoms with Gasteiger partial charge in [-0.2, -0.15) is 0 Å². The standard InChI is InChI=1S/C24H21N3O4/c1-30-20-8-4-5-9-21(20)31-23-12-10-18(16-25-23)26-22(28)11-13-24(29)27-15-14-17-6-2-3-7-19(17)27/h2-10,12,14-16H,11,13H2,1H3,(H,26,28). The molecule has 156 valence electrons. The lowest BCUT2D eigenvalue weighted by Gasteiger charge is -2.10. The molecule has 0 atom stereocenters. The van der Waals surface area contributed by atoms with Gasteiger partial charge in [0.2, 0.25) is 17.7 Å². The van der Waals surface area contributed by atoms with Gasteiger partial charge < -0.3 is 14.8 Å². The largest absolute Gasteiger partial charge is 0.493 e. The SMILES string of the molecule is COc1ccccc1Oc1ccc(NC(=O)CCC(=O)n2ccc3ccccc32)cn1. The van der Waals surface area contributed by atoms with E-state index in [4.69, 9.17) is 9.47 Å². The summed E-state index contributed by atoms with van der Waals surface area (Å²) >= 11 is 0. The number of nitrogens with one attached hydrogen (secondary N) is 1. The number of fused-ring (bicyclic) bond motifs is 1. The van der Waals surface area contributed by atoms with Crippen molar-refractivity contribution in [1.82, 2.24) is 9.55 Å². The average Bonchev–Trinajstić information content (AvgIpc) is 3.23. The zero-order valence-corrected chi connectivity index (χ0v) is 16.9. The summed E-state index contributed by atoms with van der Waals surface area (Å²) in [6.45, 7) is 0. The van der Waals surface area contributed by atoms with Gasteiger partial charge in [-0.1, -0.05) is 30.3 Å². The van der Waals surface area contributed by atoms with Crippen molar-refractivity contribution in [3.05, 3.63) is 79.1 Å². The number of carbonyl (C=O) groups excluding carboxylic acids is 2. The highest BCUT2D eigenvalue weighted by Crippen LogP contribution is 2.30. The molecule has 4 rings (SSSR count). The molecule has 1 N–H and O–H groups in total. The molecule has 0 saturated heterocycles. The molecule has 31 heavy (non-hydrogen) atoms. The second-order valence-electron chi connectivity index (χ2n) is 6.82. The number of ether oxygens (including phenoxy) is 2. The number of hydrogen-bond acceptors (Lipinski definition) is 5. The Bertz CT molecular complexity index is 1210. The van der Waals surface area contributed by atoms with Crippen LogP contribution in [-0.4, -0.2) is 28.5 Å². The molecular formula is C24H21N3O4. The fourth-order valence-electron chi connectivity index (χ4n) is 3.20. The first kappa shape index (κ1) is 20.2. The van der Waals surface area contributed by atoms with Gasteiger partial charge in [-0.15, -0.1) is 0 Å². The molecule has 0 radical (unpaired) electrons. The van der Waals surface area contributed by atoms with Crippen LogP contribution in [0.5, 0.6) is 17.4 Å². The van der Waals surface area contributed by atoms with Crippen molar-refractivity contribution in [2.45, 2.75) is 12.8 Å². The van der Waals surface area contributed by atoms with Gasteiger partial charge in [0, 0.05) is 30.5 Å². The zero-order chi connectivity index (χ0) is 21.6. The second kappa shape index (κ2) is 9.13. The van der Waals surface area contributed by atoms with Crippen molar-refractivity contribution in [2.75, 3.05) is 12.4 Å². The third kappa shape index (κ3) is 4.72. The summed E-state index contributed by atoms with van der Waals surface area (Å²) in [5.41, 5.74) is 1.36. The highest BCUT2D eigenvalue weighted by molar-refractivity contribution is 5.96. The number of para-hydroxylation sites is 3. The van der Waals surface area contributed by atoms with E-state index >= 15 is 0 Å².